The minimum absolute atomic E-state index is 0.173. The molecule has 34 heteroatoms. The summed E-state index contributed by atoms with van der Waals surface area (Å²) in [5.74, 6) is -0.301. The molecule has 2 aliphatic rings. The van der Waals surface area contributed by atoms with Crippen LogP contribution in [0, 0.1) is 23.2 Å². The van der Waals surface area contributed by atoms with Crippen molar-refractivity contribution in [2.75, 3.05) is 318 Å². The Bertz CT molecular complexity index is 2470. The number of hydrogen-bond acceptors (Lipinski definition) is 30. The first-order valence-corrected chi connectivity index (χ1v) is 44.9. The van der Waals surface area contributed by atoms with E-state index in [-0.39, 0.29) is 24.7 Å². The van der Waals surface area contributed by atoms with E-state index in [1.54, 1.807) is 7.05 Å². The average Bonchev–Trinajstić information content (AvgIpc) is 1.61. The number of nitrogens with zero attached hydrogens (tertiary/aromatic N) is 3. The Morgan fingerprint density at radius 2 is 0.642 bits per heavy atom. The second kappa shape index (κ2) is 84.3. The molecule has 0 bridgehead atoms. The van der Waals surface area contributed by atoms with Crippen LogP contribution >= 0.6 is 0 Å². The standard InChI is InChI=1S/C86H158N4O30/c1-3-4-5-6-7-9-12-15-18-27-86(84(94)95,28-19-16-13-10-8-11-14-17-22-83(92)93)82(91)21-20-30-97-32-34-99-36-38-101-40-42-103-44-46-105-48-50-107-52-54-109-56-58-111-60-62-113-64-66-115-68-70-117-72-74-119-75-73-118-71-69-116-67-65-114-63-61-112-59-57-110-55-53-108-51-49-106-47-45-104-43-41-102-39-37-100-35-33-98-31-29-90-81-26-24-78-77(23-25-80(81)88-89-90)79(78)76-120-85(96)87-2/h3,77-79H,1,4-76H2,2H3,(H,87,96)(H,92,93)(H,94,95)/t77-,78+,79-,86?/m1/s1. The fraction of sp³-hybridized carbons (Fsp3) is 0.907. The molecule has 120 heavy (non-hydrogen) atoms. The summed E-state index contributed by atoms with van der Waals surface area (Å²) < 4.78 is 136. The molecule has 1 heterocycles. The van der Waals surface area contributed by atoms with Crippen LogP contribution in [0.5, 0.6) is 0 Å². The number of carboxylic acids is 2. The van der Waals surface area contributed by atoms with Crippen LogP contribution in [0.1, 0.15) is 159 Å². The lowest BCUT2D eigenvalue weighted by Crippen LogP contribution is -2.39. The first kappa shape index (κ1) is 110. The number of aryl methyl sites for hydroxylation is 1. The highest BCUT2D eigenvalue weighted by Crippen LogP contribution is 2.53. The fourth-order valence-corrected chi connectivity index (χ4v) is 13.3. The van der Waals surface area contributed by atoms with Gasteiger partial charge in [-0.2, -0.15) is 0 Å². The molecule has 2 aliphatic carbocycles. The molecule has 0 saturated heterocycles. The van der Waals surface area contributed by atoms with Crippen LogP contribution < -0.4 is 5.32 Å². The zero-order chi connectivity index (χ0) is 85.7. The maximum atomic E-state index is 13.7. The zero-order valence-electron chi connectivity index (χ0n) is 73.3. The van der Waals surface area contributed by atoms with Crippen molar-refractivity contribution in [2.24, 2.45) is 23.2 Å². The van der Waals surface area contributed by atoms with E-state index in [4.69, 9.17) is 119 Å². The number of aliphatic carboxylic acids is 2. The van der Waals surface area contributed by atoms with Gasteiger partial charge < -0.3 is 129 Å². The molecule has 0 radical (unpaired) electrons. The number of fused-ring (bicyclic) bond motifs is 2. The number of aromatic nitrogens is 3. The summed E-state index contributed by atoms with van der Waals surface area (Å²) in [5.41, 5.74) is 0.923. The molecule has 1 unspecified atom stereocenters. The number of ketones is 1. The van der Waals surface area contributed by atoms with Gasteiger partial charge in [-0.1, -0.05) is 94.8 Å². The summed E-state index contributed by atoms with van der Waals surface area (Å²) in [6.45, 7) is 26.2. The summed E-state index contributed by atoms with van der Waals surface area (Å²) in [5, 5.41) is 30.7. The number of amides is 1. The average molecular weight is 1730 g/mol. The Labute approximate surface area is 716 Å². The highest BCUT2D eigenvalue weighted by Gasteiger charge is 2.50. The van der Waals surface area contributed by atoms with E-state index in [0.717, 1.165) is 115 Å². The van der Waals surface area contributed by atoms with Gasteiger partial charge in [0.1, 0.15) is 11.2 Å². The predicted octanol–water partition coefficient (Wildman–Crippen LogP) is 8.86. The predicted molar refractivity (Wildman–Crippen MR) is 446 cm³/mol. The van der Waals surface area contributed by atoms with Gasteiger partial charge in [0.25, 0.3) is 0 Å². The summed E-state index contributed by atoms with van der Waals surface area (Å²) in [7, 11) is 1.58. The van der Waals surface area contributed by atoms with E-state index in [9.17, 15) is 24.3 Å². The Morgan fingerprint density at radius 3 is 0.933 bits per heavy atom. The number of hydrogen-bond donors (Lipinski definition) is 3. The van der Waals surface area contributed by atoms with E-state index in [1.165, 1.54) is 12.1 Å². The lowest BCUT2D eigenvalue weighted by Gasteiger charge is -2.28. The normalized spacial score (nSPS) is 15.0. The van der Waals surface area contributed by atoms with Gasteiger partial charge in [0.2, 0.25) is 0 Å². The quantitative estimate of drug-likeness (QED) is 0.0311. The van der Waals surface area contributed by atoms with Crippen LogP contribution in [0.4, 0.5) is 4.79 Å². The van der Waals surface area contributed by atoms with Gasteiger partial charge in [-0.05, 0) is 82.0 Å². The van der Waals surface area contributed by atoms with Gasteiger partial charge in [0, 0.05) is 26.5 Å². The van der Waals surface area contributed by atoms with Crippen molar-refractivity contribution in [1.82, 2.24) is 20.3 Å². The van der Waals surface area contributed by atoms with Crippen LogP contribution in [0.15, 0.2) is 12.7 Å². The second-order valence-corrected chi connectivity index (χ2v) is 29.1. The highest BCUT2D eigenvalue weighted by atomic mass is 16.6. The monoisotopic (exact) mass is 1730 g/mol. The SMILES string of the molecule is C=CCCCCCCCCCC(CCCCCCCCCCC(=O)O)(C(=O)O)C(=O)CCCOCCOCCOCCOCCOCCOCCOCCOCCOCCOCCOCCOCCOCCOCCOCCOCCOCCOCCOCCOCCOCCOCCOCCn1nnc2c1CC[C@H]1[C@@H](CC2)[C@H]1COC(=O)NC. The van der Waals surface area contributed by atoms with Crippen molar-refractivity contribution in [3.05, 3.63) is 24.0 Å². The Morgan fingerprint density at radius 1 is 0.367 bits per heavy atom. The number of carbonyl (C=O) groups is 4. The maximum absolute atomic E-state index is 13.7. The molecule has 1 saturated carbocycles. The van der Waals surface area contributed by atoms with Gasteiger partial charge in [0.05, 0.1) is 322 Å². The largest absolute Gasteiger partial charge is 0.481 e. The van der Waals surface area contributed by atoms with Gasteiger partial charge in [-0.25, -0.2) is 9.48 Å². The molecule has 0 aliphatic heterocycles. The lowest BCUT2D eigenvalue weighted by atomic mass is 9.73. The summed E-state index contributed by atoms with van der Waals surface area (Å²) >= 11 is 0. The van der Waals surface area contributed by atoms with E-state index in [2.05, 4.69) is 22.2 Å². The molecule has 0 spiro atoms. The Hall–Kier alpha value is -4.16. The third-order valence-corrected chi connectivity index (χ3v) is 20.0. The first-order chi connectivity index (χ1) is 59.2. The molecule has 702 valence electrons. The molecule has 1 fully saturated rings. The van der Waals surface area contributed by atoms with Crippen molar-refractivity contribution in [3.8, 4) is 0 Å². The zero-order valence-corrected chi connectivity index (χ0v) is 73.3. The minimum Gasteiger partial charge on any atom is -0.481 e. The molecular weight excluding hydrogens is 1570 g/mol. The third kappa shape index (κ3) is 65.4. The topological polar surface area (TPSA) is 373 Å². The number of alkyl carbamates (subject to hydrolysis) is 1. The van der Waals surface area contributed by atoms with Crippen molar-refractivity contribution in [1.29, 1.82) is 0 Å². The lowest BCUT2D eigenvalue weighted by molar-refractivity contribution is -0.156. The van der Waals surface area contributed by atoms with E-state index >= 15 is 0 Å². The number of nitrogens with one attached hydrogen (secondary N) is 1. The second-order valence-electron chi connectivity index (χ2n) is 29.1. The van der Waals surface area contributed by atoms with Crippen LogP contribution in [0.3, 0.4) is 0 Å². The van der Waals surface area contributed by atoms with Gasteiger partial charge in [-0.15, -0.1) is 11.7 Å². The Balaban J connectivity index is 0.900. The van der Waals surface area contributed by atoms with Gasteiger partial charge in [0.15, 0.2) is 0 Å². The summed E-state index contributed by atoms with van der Waals surface area (Å²) in [6, 6.07) is 0. The van der Waals surface area contributed by atoms with Crippen molar-refractivity contribution in [3.63, 3.8) is 0 Å². The van der Waals surface area contributed by atoms with Crippen LogP contribution in [-0.4, -0.2) is 367 Å². The molecule has 1 aromatic rings. The van der Waals surface area contributed by atoms with Crippen molar-refractivity contribution >= 4 is 23.8 Å². The van der Waals surface area contributed by atoms with E-state index < -0.39 is 17.4 Å². The van der Waals surface area contributed by atoms with Crippen molar-refractivity contribution in [2.45, 2.75) is 167 Å². The highest BCUT2D eigenvalue weighted by molar-refractivity contribution is 6.03. The smallest absolute Gasteiger partial charge is 0.406 e. The summed E-state index contributed by atoms with van der Waals surface area (Å²) in [6.07, 6.45) is 22.7. The molecule has 34 nitrogen and oxygen atoms in total. The number of rotatable bonds is 98. The van der Waals surface area contributed by atoms with E-state index in [0.29, 0.717) is 367 Å². The summed E-state index contributed by atoms with van der Waals surface area (Å²) in [4.78, 5) is 48.8. The molecule has 3 N–H and O–H groups in total. The number of allylic oxidation sites excluding steroid dienone is 1. The van der Waals surface area contributed by atoms with Crippen LogP contribution in [0.2, 0.25) is 0 Å². The molecule has 1 aromatic heterocycles. The maximum Gasteiger partial charge on any atom is 0.406 e. The number of carboxylic acid groups (broad SMARTS) is 2. The first-order valence-electron chi connectivity index (χ1n) is 44.9. The molecule has 1 amide bonds. The van der Waals surface area contributed by atoms with Crippen LogP contribution in [0.25, 0.3) is 0 Å². The third-order valence-electron chi connectivity index (χ3n) is 20.0. The minimum atomic E-state index is -1.36. The molecule has 4 atom stereocenters. The number of carbonyl (C=O) groups excluding carboxylic acids is 2. The molecule has 3 rings (SSSR count). The molecule has 0 aromatic carbocycles. The van der Waals surface area contributed by atoms with Gasteiger partial charge >= 0.3 is 18.0 Å². The van der Waals surface area contributed by atoms with Gasteiger partial charge in [-0.3, -0.25) is 14.4 Å². The van der Waals surface area contributed by atoms with Crippen molar-refractivity contribution < 1.29 is 143 Å². The fourth-order valence-electron chi connectivity index (χ4n) is 13.3. The molecular formula is C86H158N4O30. The number of unbranched alkanes of at least 4 members (excludes halogenated alkanes) is 14. The number of Topliss-reactive ketones (excluding diaryl/α,β-unsaturated/α-hetero) is 1. The van der Waals surface area contributed by atoms with Crippen LogP contribution in [-0.2, 0) is 147 Å². The number of ether oxygens (including phenoxy) is 24. The Kier molecular flexibility index (Phi) is 77.3. The van der Waals surface area contributed by atoms with E-state index in [1.807, 2.05) is 10.8 Å².